The molecule has 0 aromatic rings. The maximum Gasteiger partial charge on any atom is 0.223 e. The average molecular weight is 274 g/mol. The van der Waals surface area contributed by atoms with Crippen LogP contribution in [-0.4, -0.2) is 63.4 Å². The molecule has 0 saturated heterocycles. The van der Waals surface area contributed by atoms with Crippen molar-refractivity contribution in [2.75, 3.05) is 47.1 Å². The second-order valence-electron chi connectivity index (χ2n) is 5.65. The number of methoxy groups -OCH3 is 2. The molecule has 0 rings (SSSR count). The van der Waals surface area contributed by atoms with E-state index in [1.54, 1.807) is 14.2 Å². The van der Waals surface area contributed by atoms with Crippen LogP contribution in [0.15, 0.2) is 0 Å². The summed E-state index contributed by atoms with van der Waals surface area (Å²) in [6.45, 7) is 9.62. The first-order valence-corrected chi connectivity index (χ1v) is 6.91. The minimum Gasteiger partial charge on any atom is -0.385 e. The number of hydrogen-bond acceptors (Lipinski definition) is 4. The quantitative estimate of drug-likeness (QED) is 0.610. The van der Waals surface area contributed by atoms with Crippen molar-refractivity contribution in [1.82, 2.24) is 10.2 Å². The predicted octanol–water partition coefficient (Wildman–Crippen LogP) is 1.28. The van der Waals surface area contributed by atoms with Gasteiger partial charge in [-0.2, -0.15) is 0 Å². The van der Waals surface area contributed by atoms with E-state index in [4.69, 9.17) is 9.47 Å². The lowest BCUT2D eigenvalue weighted by molar-refractivity contribution is -0.132. The van der Waals surface area contributed by atoms with E-state index in [-0.39, 0.29) is 11.4 Å². The van der Waals surface area contributed by atoms with Gasteiger partial charge in [-0.1, -0.05) is 0 Å². The molecule has 0 heterocycles. The zero-order chi connectivity index (χ0) is 14.7. The van der Waals surface area contributed by atoms with E-state index in [1.807, 2.05) is 4.90 Å². The molecule has 0 atom stereocenters. The first-order valence-electron chi connectivity index (χ1n) is 6.91. The summed E-state index contributed by atoms with van der Waals surface area (Å²) in [7, 11) is 3.33. The van der Waals surface area contributed by atoms with Gasteiger partial charge in [0, 0.05) is 52.4 Å². The third-order valence-electron chi connectivity index (χ3n) is 2.69. The maximum absolute atomic E-state index is 12.1. The fourth-order valence-electron chi connectivity index (χ4n) is 1.66. The Labute approximate surface area is 117 Å². The second kappa shape index (κ2) is 10.2. The molecule has 0 bridgehead atoms. The van der Waals surface area contributed by atoms with E-state index >= 15 is 0 Å². The average Bonchev–Trinajstić information content (AvgIpc) is 2.31. The lowest BCUT2D eigenvalue weighted by atomic mass is 10.1. The van der Waals surface area contributed by atoms with Gasteiger partial charge < -0.3 is 19.7 Å². The molecule has 0 saturated carbocycles. The molecule has 0 spiro atoms. The lowest BCUT2D eigenvalue weighted by Crippen LogP contribution is -2.40. The molecule has 5 nitrogen and oxygen atoms in total. The number of carbonyl (C=O) groups is 1. The van der Waals surface area contributed by atoms with E-state index in [1.165, 1.54) is 0 Å². The fraction of sp³-hybridized carbons (Fsp3) is 0.929. The van der Waals surface area contributed by atoms with E-state index < -0.39 is 0 Å². The number of amides is 1. The topological polar surface area (TPSA) is 50.8 Å². The minimum absolute atomic E-state index is 0.0493. The Kier molecular flexibility index (Phi) is 9.83. The Morgan fingerprint density at radius 1 is 1.11 bits per heavy atom. The predicted molar refractivity (Wildman–Crippen MR) is 77.3 cm³/mol. The summed E-state index contributed by atoms with van der Waals surface area (Å²) in [6.07, 6.45) is 1.38. The summed E-state index contributed by atoms with van der Waals surface area (Å²) >= 11 is 0. The van der Waals surface area contributed by atoms with Crippen molar-refractivity contribution in [3.05, 3.63) is 0 Å². The number of rotatable bonds is 10. The highest BCUT2D eigenvalue weighted by Gasteiger charge is 2.14. The molecule has 0 aromatic heterocycles. The van der Waals surface area contributed by atoms with Gasteiger partial charge in [-0.25, -0.2) is 0 Å². The Hall–Kier alpha value is -0.650. The first kappa shape index (κ1) is 18.4. The van der Waals surface area contributed by atoms with E-state index in [2.05, 4.69) is 26.1 Å². The highest BCUT2D eigenvalue weighted by atomic mass is 16.5. The van der Waals surface area contributed by atoms with Gasteiger partial charge >= 0.3 is 0 Å². The van der Waals surface area contributed by atoms with Gasteiger partial charge in [0.1, 0.15) is 0 Å². The SMILES string of the molecule is COCCCN(CCOC)C(=O)CCNC(C)(C)C. The van der Waals surface area contributed by atoms with E-state index in [9.17, 15) is 4.79 Å². The van der Waals surface area contributed by atoms with Crippen molar-refractivity contribution in [1.29, 1.82) is 0 Å². The highest BCUT2D eigenvalue weighted by Crippen LogP contribution is 2.01. The van der Waals surface area contributed by atoms with Gasteiger partial charge in [-0.15, -0.1) is 0 Å². The van der Waals surface area contributed by atoms with Gasteiger partial charge in [0.05, 0.1) is 6.61 Å². The lowest BCUT2D eigenvalue weighted by Gasteiger charge is -2.24. The van der Waals surface area contributed by atoms with Crippen LogP contribution >= 0.6 is 0 Å². The van der Waals surface area contributed by atoms with Crippen LogP contribution in [0.25, 0.3) is 0 Å². The third-order valence-corrected chi connectivity index (χ3v) is 2.69. The van der Waals surface area contributed by atoms with Crippen molar-refractivity contribution in [3.8, 4) is 0 Å². The number of ether oxygens (including phenoxy) is 2. The molecule has 114 valence electrons. The van der Waals surface area contributed by atoms with Gasteiger partial charge in [0.2, 0.25) is 5.91 Å². The van der Waals surface area contributed by atoms with Crippen LogP contribution in [0, 0.1) is 0 Å². The second-order valence-corrected chi connectivity index (χ2v) is 5.65. The first-order chi connectivity index (χ1) is 8.90. The molecule has 0 unspecified atom stereocenters. The van der Waals surface area contributed by atoms with Crippen molar-refractivity contribution >= 4 is 5.91 Å². The zero-order valence-corrected chi connectivity index (χ0v) is 13.1. The monoisotopic (exact) mass is 274 g/mol. The highest BCUT2D eigenvalue weighted by molar-refractivity contribution is 5.76. The number of carbonyl (C=O) groups excluding carboxylic acids is 1. The molecule has 0 aliphatic heterocycles. The van der Waals surface area contributed by atoms with E-state index in [0.717, 1.165) is 13.0 Å². The summed E-state index contributed by atoms with van der Waals surface area (Å²) in [4.78, 5) is 14.0. The van der Waals surface area contributed by atoms with Crippen LogP contribution in [0.5, 0.6) is 0 Å². The molecule has 1 N–H and O–H groups in total. The molecule has 0 aromatic carbocycles. The van der Waals surface area contributed by atoms with Crippen molar-refractivity contribution in [2.24, 2.45) is 0 Å². The fourth-order valence-corrected chi connectivity index (χ4v) is 1.66. The molecule has 5 heteroatoms. The molecule has 0 aliphatic carbocycles. The summed E-state index contributed by atoms with van der Waals surface area (Å²) in [5.41, 5.74) is 0.0493. The van der Waals surface area contributed by atoms with E-state index in [0.29, 0.717) is 32.7 Å². The van der Waals surface area contributed by atoms with Crippen molar-refractivity contribution < 1.29 is 14.3 Å². The van der Waals surface area contributed by atoms with Crippen LogP contribution in [0.4, 0.5) is 0 Å². The molecule has 19 heavy (non-hydrogen) atoms. The number of nitrogens with zero attached hydrogens (tertiary/aromatic N) is 1. The Balaban J connectivity index is 4.06. The molecule has 0 radical (unpaired) electrons. The van der Waals surface area contributed by atoms with Gasteiger partial charge in [0.15, 0.2) is 0 Å². The largest absolute Gasteiger partial charge is 0.385 e. The Morgan fingerprint density at radius 3 is 2.26 bits per heavy atom. The molecule has 0 fully saturated rings. The summed E-state index contributed by atoms with van der Waals surface area (Å²) in [5.74, 6) is 0.171. The van der Waals surface area contributed by atoms with Crippen LogP contribution in [0.1, 0.15) is 33.6 Å². The number of hydrogen-bond donors (Lipinski definition) is 1. The van der Waals surface area contributed by atoms with Gasteiger partial charge in [-0.3, -0.25) is 4.79 Å². The summed E-state index contributed by atoms with van der Waals surface area (Å²) < 4.78 is 10.1. The Morgan fingerprint density at radius 2 is 1.74 bits per heavy atom. The van der Waals surface area contributed by atoms with Crippen molar-refractivity contribution in [2.45, 2.75) is 39.2 Å². The number of nitrogens with one attached hydrogen (secondary N) is 1. The van der Waals surface area contributed by atoms with Crippen LogP contribution in [0.3, 0.4) is 0 Å². The third kappa shape index (κ3) is 10.9. The zero-order valence-electron chi connectivity index (χ0n) is 13.1. The van der Waals surface area contributed by atoms with Gasteiger partial charge in [-0.05, 0) is 27.2 Å². The smallest absolute Gasteiger partial charge is 0.223 e. The van der Waals surface area contributed by atoms with Crippen molar-refractivity contribution in [3.63, 3.8) is 0 Å². The standard InChI is InChI=1S/C14H30N2O3/c1-14(2,3)15-8-7-13(17)16(10-12-19-5)9-6-11-18-4/h15H,6-12H2,1-5H3. The maximum atomic E-state index is 12.1. The van der Waals surface area contributed by atoms with Crippen LogP contribution in [0.2, 0.25) is 0 Å². The van der Waals surface area contributed by atoms with Crippen LogP contribution < -0.4 is 5.32 Å². The molecular weight excluding hydrogens is 244 g/mol. The summed E-state index contributed by atoms with van der Waals surface area (Å²) in [6, 6.07) is 0. The van der Waals surface area contributed by atoms with Crippen LogP contribution in [-0.2, 0) is 14.3 Å². The molecule has 1 amide bonds. The minimum atomic E-state index is 0.0493. The van der Waals surface area contributed by atoms with Gasteiger partial charge in [0.25, 0.3) is 0 Å². The molecule has 0 aliphatic rings. The summed E-state index contributed by atoms with van der Waals surface area (Å²) in [5, 5.41) is 3.33. The molecular formula is C14H30N2O3. The normalized spacial score (nSPS) is 11.6. The Bertz CT molecular complexity index is 239.